The van der Waals surface area contributed by atoms with Crippen molar-refractivity contribution in [1.82, 2.24) is 5.32 Å². The molecule has 0 aromatic heterocycles. The quantitative estimate of drug-likeness (QED) is 0.656. The molecule has 0 unspecified atom stereocenters. The van der Waals surface area contributed by atoms with Crippen molar-refractivity contribution in [3.63, 3.8) is 0 Å². The number of nitrogens with one attached hydrogen (secondary N) is 1. The molecule has 0 spiro atoms. The Morgan fingerprint density at radius 3 is 2.29 bits per heavy atom. The van der Waals surface area contributed by atoms with Crippen LogP contribution in [0.2, 0.25) is 0 Å². The van der Waals surface area contributed by atoms with E-state index in [-0.39, 0.29) is 5.60 Å². The highest BCUT2D eigenvalue weighted by molar-refractivity contribution is 5.32. The van der Waals surface area contributed by atoms with Crippen LogP contribution in [0, 0.1) is 0 Å². The van der Waals surface area contributed by atoms with Crippen LogP contribution >= 0.6 is 0 Å². The molecular weight excluding hydrogens is 262 g/mol. The van der Waals surface area contributed by atoms with Gasteiger partial charge in [-0.3, -0.25) is 0 Å². The summed E-state index contributed by atoms with van der Waals surface area (Å²) in [6, 6.07) is 8.08. The van der Waals surface area contributed by atoms with Crippen molar-refractivity contribution in [3.8, 4) is 11.5 Å². The van der Waals surface area contributed by atoms with Crippen molar-refractivity contribution in [1.29, 1.82) is 0 Å². The molecule has 1 N–H and O–H groups in total. The molecule has 1 aliphatic rings. The van der Waals surface area contributed by atoms with Gasteiger partial charge in [0.1, 0.15) is 17.1 Å². The normalized spacial score (nSPS) is 16.3. The van der Waals surface area contributed by atoms with E-state index in [1.54, 1.807) is 0 Å². The second-order valence-corrected chi connectivity index (χ2v) is 5.96. The van der Waals surface area contributed by atoms with Gasteiger partial charge < -0.3 is 14.8 Å². The maximum Gasteiger partial charge on any atom is 0.120 e. The molecule has 21 heavy (non-hydrogen) atoms. The first-order chi connectivity index (χ1) is 10.3. The van der Waals surface area contributed by atoms with E-state index in [0.29, 0.717) is 0 Å². The van der Waals surface area contributed by atoms with Crippen LogP contribution in [-0.4, -0.2) is 25.3 Å². The van der Waals surface area contributed by atoms with Gasteiger partial charge in [0.25, 0.3) is 0 Å². The molecule has 1 aliphatic carbocycles. The minimum atomic E-state index is 0.0620. The zero-order valence-corrected chi connectivity index (χ0v) is 13.5. The summed E-state index contributed by atoms with van der Waals surface area (Å²) >= 11 is 0. The van der Waals surface area contributed by atoms with Crippen LogP contribution in [0.25, 0.3) is 0 Å². The van der Waals surface area contributed by atoms with Crippen molar-refractivity contribution in [3.05, 3.63) is 24.3 Å². The van der Waals surface area contributed by atoms with Crippen LogP contribution in [0.4, 0.5) is 0 Å². The van der Waals surface area contributed by atoms with Gasteiger partial charge in [-0.25, -0.2) is 0 Å². The fraction of sp³-hybridized carbons (Fsp3) is 0.667. The van der Waals surface area contributed by atoms with Crippen LogP contribution < -0.4 is 14.8 Å². The Morgan fingerprint density at radius 1 is 1.00 bits per heavy atom. The van der Waals surface area contributed by atoms with Crippen molar-refractivity contribution in [2.75, 3.05) is 19.7 Å². The second kappa shape index (κ2) is 8.28. The Balaban J connectivity index is 1.83. The van der Waals surface area contributed by atoms with Crippen LogP contribution in [0.15, 0.2) is 24.3 Å². The Bertz CT molecular complexity index is 398. The molecular formula is C18H29NO2. The fourth-order valence-electron chi connectivity index (χ4n) is 2.67. The maximum absolute atomic E-state index is 6.28. The summed E-state index contributed by atoms with van der Waals surface area (Å²) in [6.45, 7) is 7.23. The van der Waals surface area contributed by atoms with E-state index < -0.39 is 0 Å². The Morgan fingerprint density at radius 2 is 1.71 bits per heavy atom. The molecule has 1 aromatic rings. The van der Waals surface area contributed by atoms with E-state index in [1.165, 1.54) is 25.7 Å². The van der Waals surface area contributed by atoms with Gasteiger partial charge in [-0.2, -0.15) is 0 Å². The van der Waals surface area contributed by atoms with E-state index >= 15 is 0 Å². The smallest absolute Gasteiger partial charge is 0.120 e. The van der Waals surface area contributed by atoms with E-state index in [4.69, 9.17) is 9.47 Å². The fourth-order valence-corrected chi connectivity index (χ4v) is 2.67. The Hall–Kier alpha value is -1.22. The van der Waals surface area contributed by atoms with E-state index in [0.717, 1.165) is 44.0 Å². The number of benzene rings is 1. The van der Waals surface area contributed by atoms with E-state index in [2.05, 4.69) is 19.2 Å². The van der Waals surface area contributed by atoms with Gasteiger partial charge in [0.05, 0.1) is 6.61 Å². The maximum atomic E-state index is 6.28. The summed E-state index contributed by atoms with van der Waals surface area (Å²) in [7, 11) is 0. The first kappa shape index (κ1) is 16.2. The summed E-state index contributed by atoms with van der Waals surface area (Å²) in [6.07, 6.45) is 6.95. The predicted molar refractivity (Wildman–Crippen MR) is 87.2 cm³/mol. The molecule has 0 heterocycles. The predicted octanol–water partition coefficient (Wildman–Crippen LogP) is 4.17. The number of hydrogen-bond donors (Lipinski definition) is 1. The Labute approximate surface area is 129 Å². The number of rotatable bonds is 10. The first-order valence-electron chi connectivity index (χ1n) is 8.40. The van der Waals surface area contributed by atoms with Crippen LogP contribution in [0.1, 0.15) is 52.4 Å². The molecule has 1 aromatic carbocycles. The molecule has 0 bridgehead atoms. The third-order valence-corrected chi connectivity index (χ3v) is 4.08. The summed E-state index contributed by atoms with van der Waals surface area (Å²) in [5.41, 5.74) is 0.0620. The van der Waals surface area contributed by atoms with Gasteiger partial charge in [0, 0.05) is 0 Å². The highest BCUT2D eigenvalue weighted by Crippen LogP contribution is 2.39. The summed E-state index contributed by atoms with van der Waals surface area (Å²) in [5.74, 6) is 1.89. The number of hydrogen-bond acceptors (Lipinski definition) is 3. The zero-order chi connectivity index (χ0) is 15.0. The molecule has 118 valence electrons. The summed E-state index contributed by atoms with van der Waals surface area (Å²) in [5, 5.41) is 3.48. The minimum Gasteiger partial charge on any atom is -0.494 e. The third-order valence-electron chi connectivity index (χ3n) is 4.08. The third kappa shape index (κ3) is 4.92. The highest BCUT2D eigenvalue weighted by atomic mass is 16.5. The summed E-state index contributed by atoms with van der Waals surface area (Å²) in [4.78, 5) is 0. The van der Waals surface area contributed by atoms with Crippen LogP contribution in [0.3, 0.4) is 0 Å². The first-order valence-corrected chi connectivity index (χ1v) is 8.40. The highest BCUT2D eigenvalue weighted by Gasteiger charge is 2.38. The standard InChI is InChI=1S/C18H29NO2/c1-3-13-19-14-12-18(10-5-11-18)21-17-8-6-16(7-9-17)20-15-4-2/h6-9,19H,3-5,10-15H2,1-2H3. The average molecular weight is 291 g/mol. The van der Waals surface area contributed by atoms with Crippen LogP contribution in [-0.2, 0) is 0 Å². The van der Waals surface area contributed by atoms with E-state index in [1.807, 2.05) is 24.3 Å². The van der Waals surface area contributed by atoms with Gasteiger partial charge in [-0.1, -0.05) is 13.8 Å². The zero-order valence-electron chi connectivity index (χ0n) is 13.5. The van der Waals surface area contributed by atoms with Gasteiger partial charge in [-0.15, -0.1) is 0 Å². The SMILES string of the molecule is CCCNCCC1(Oc2ccc(OCCC)cc2)CCC1. The lowest BCUT2D eigenvalue weighted by Gasteiger charge is -2.42. The van der Waals surface area contributed by atoms with Crippen molar-refractivity contribution in [2.45, 2.75) is 58.0 Å². The van der Waals surface area contributed by atoms with Gasteiger partial charge in [0.15, 0.2) is 0 Å². The van der Waals surface area contributed by atoms with Crippen LogP contribution in [0.5, 0.6) is 11.5 Å². The molecule has 0 aliphatic heterocycles. The van der Waals surface area contributed by atoms with Gasteiger partial charge >= 0.3 is 0 Å². The molecule has 1 saturated carbocycles. The lowest BCUT2D eigenvalue weighted by atomic mass is 9.77. The van der Waals surface area contributed by atoms with E-state index in [9.17, 15) is 0 Å². The topological polar surface area (TPSA) is 30.5 Å². The lowest BCUT2D eigenvalue weighted by Crippen LogP contribution is -2.45. The number of ether oxygens (including phenoxy) is 2. The molecule has 0 radical (unpaired) electrons. The molecule has 0 atom stereocenters. The Kier molecular flexibility index (Phi) is 6.37. The van der Waals surface area contributed by atoms with Gasteiger partial charge in [-0.05, 0) is 75.9 Å². The van der Waals surface area contributed by atoms with Crippen molar-refractivity contribution in [2.24, 2.45) is 0 Å². The van der Waals surface area contributed by atoms with Crippen molar-refractivity contribution < 1.29 is 9.47 Å². The monoisotopic (exact) mass is 291 g/mol. The second-order valence-electron chi connectivity index (χ2n) is 5.96. The summed E-state index contributed by atoms with van der Waals surface area (Å²) < 4.78 is 11.9. The molecule has 0 amide bonds. The molecule has 1 fully saturated rings. The minimum absolute atomic E-state index is 0.0620. The van der Waals surface area contributed by atoms with Gasteiger partial charge in [0.2, 0.25) is 0 Å². The molecule has 3 nitrogen and oxygen atoms in total. The van der Waals surface area contributed by atoms with Crippen molar-refractivity contribution >= 4 is 0 Å². The molecule has 0 saturated heterocycles. The molecule has 3 heteroatoms. The largest absolute Gasteiger partial charge is 0.494 e. The average Bonchev–Trinajstić information content (AvgIpc) is 2.48. The lowest BCUT2D eigenvalue weighted by molar-refractivity contribution is -0.0142. The molecule has 2 rings (SSSR count).